The molecule has 0 bridgehead atoms. The standard InChI is InChI=1S/C17H15F3N6OS/c1-8-4-5-11(28-8)14(27)12-13(10-6-25(3)24-9(10)2)26-16(21-7-22-26)23-15(12)17(18,19)20/h4-7,13H,1-3H3,(H,21,22,23)/t13-/m0/s1. The zero-order chi connectivity index (χ0) is 20.2. The van der Waals surface area contributed by atoms with Crippen molar-refractivity contribution in [1.29, 1.82) is 0 Å². The topological polar surface area (TPSA) is 77.6 Å². The molecule has 1 aliphatic rings. The summed E-state index contributed by atoms with van der Waals surface area (Å²) in [7, 11) is 1.67. The van der Waals surface area contributed by atoms with Crippen LogP contribution in [-0.4, -0.2) is 36.5 Å². The van der Waals surface area contributed by atoms with Crippen LogP contribution in [0.5, 0.6) is 0 Å². The largest absolute Gasteiger partial charge is 0.431 e. The average molecular weight is 408 g/mol. The first kappa shape index (κ1) is 18.4. The van der Waals surface area contributed by atoms with Crippen molar-refractivity contribution in [2.24, 2.45) is 7.05 Å². The van der Waals surface area contributed by atoms with E-state index < -0.39 is 29.3 Å². The second-order valence-electron chi connectivity index (χ2n) is 6.43. The Balaban J connectivity index is 2.00. The molecule has 1 atom stereocenters. The quantitative estimate of drug-likeness (QED) is 0.672. The van der Waals surface area contributed by atoms with Gasteiger partial charge in [-0.25, -0.2) is 4.68 Å². The molecule has 0 saturated heterocycles. The van der Waals surface area contributed by atoms with Gasteiger partial charge in [0.15, 0.2) is 0 Å². The molecule has 0 spiro atoms. The van der Waals surface area contributed by atoms with Gasteiger partial charge in [0.05, 0.1) is 16.1 Å². The van der Waals surface area contributed by atoms with Crippen molar-refractivity contribution in [2.75, 3.05) is 5.32 Å². The van der Waals surface area contributed by atoms with Crippen LogP contribution in [0.3, 0.4) is 0 Å². The van der Waals surface area contributed by atoms with E-state index in [9.17, 15) is 18.0 Å². The van der Waals surface area contributed by atoms with Crippen molar-refractivity contribution in [3.05, 3.63) is 56.9 Å². The van der Waals surface area contributed by atoms with Gasteiger partial charge in [-0.2, -0.15) is 28.4 Å². The Kier molecular flexibility index (Phi) is 4.14. The molecule has 3 aromatic rings. The number of alkyl halides is 3. The molecular weight excluding hydrogens is 393 g/mol. The third-order valence-electron chi connectivity index (χ3n) is 4.44. The van der Waals surface area contributed by atoms with Crippen molar-refractivity contribution < 1.29 is 18.0 Å². The summed E-state index contributed by atoms with van der Waals surface area (Å²) < 4.78 is 44.5. The molecule has 0 unspecified atom stereocenters. The highest BCUT2D eigenvalue weighted by molar-refractivity contribution is 7.14. The van der Waals surface area contributed by atoms with Crippen LogP contribution in [0.15, 0.2) is 35.9 Å². The summed E-state index contributed by atoms with van der Waals surface area (Å²) in [4.78, 5) is 18.2. The third-order valence-corrected chi connectivity index (χ3v) is 5.43. The molecule has 4 heterocycles. The number of aryl methyl sites for hydroxylation is 3. The van der Waals surface area contributed by atoms with E-state index >= 15 is 0 Å². The zero-order valence-electron chi connectivity index (χ0n) is 15.1. The van der Waals surface area contributed by atoms with E-state index in [1.165, 1.54) is 15.4 Å². The number of aromatic nitrogens is 5. The number of anilines is 1. The van der Waals surface area contributed by atoms with Crippen molar-refractivity contribution in [3.8, 4) is 0 Å². The van der Waals surface area contributed by atoms with Gasteiger partial charge in [0.2, 0.25) is 11.7 Å². The second kappa shape index (κ2) is 6.30. The number of ketones is 1. The Morgan fingerprint density at radius 1 is 1.29 bits per heavy atom. The maximum absolute atomic E-state index is 13.9. The third kappa shape index (κ3) is 2.91. The molecule has 146 valence electrons. The number of carbonyl (C=O) groups excluding carboxylic acids is 1. The molecule has 11 heteroatoms. The highest BCUT2D eigenvalue weighted by atomic mass is 32.1. The maximum atomic E-state index is 13.9. The van der Waals surface area contributed by atoms with E-state index in [0.29, 0.717) is 11.3 Å². The van der Waals surface area contributed by atoms with Crippen molar-refractivity contribution >= 4 is 23.1 Å². The second-order valence-corrected chi connectivity index (χ2v) is 7.71. The number of carbonyl (C=O) groups is 1. The van der Waals surface area contributed by atoms with Crippen molar-refractivity contribution in [1.82, 2.24) is 24.5 Å². The van der Waals surface area contributed by atoms with Crippen LogP contribution in [0.1, 0.15) is 31.8 Å². The van der Waals surface area contributed by atoms with Crippen LogP contribution in [0, 0.1) is 13.8 Å². The lowest BCUT2D eigenvalue weighted by molar-refractivity contribution is -0.0918. The first-order chi connectivity index (χ1) is 13.2. The van der Waals surface area contributed by atoms with E-state index in [0.717, 1.165) is 22.5 Å². The Morgan fingerprint density at radius 2 is 2.04 bits per heavy atom. The van der Waals surface area contributed by atoms with Gasteiger partial charge in [-0.1, -0.05) is 0 Å². The van der Waals surface area contributed by atoms with Crippen molar-refractivity contribution in [3.63, 3.8) is 0 Å². The van der Waals surface area contributed by atoms with Gasteiger partial charge in [-0.3, -0.25) is 9.48 Å². The Morgan fingerprint density at radius 3 is 2.61 bits per heavy atom. The van der Waals surface area contributed by atoms with Gasteiger partial charge >= 0.3 is 6.18 Å². The van der Waals surface area contributed by atoms with E-state index in [4.69, 9.17) is 0 Å². The summed E-state index contributed by atoms with van der Waals surface area (Å²) in [6.07, 6.45) is -2.03. The van der Waals surface area contributed by atoms with Gasteiger partial charge in [0, 0.05) is 23.7 Å². The molecule has 0 radical (unpaired) electrons. The predicted octanol–water partition coefficient (Wildman–Crippen LogP) is 3.40. The lowest BCUT2D eigenvalue weighted by Crippen LogP contribution is -2.35. The minimum absolute atomic E-state index is 0.0838. The first-order valence-electron chi connectivity index (χ1n) is 8.26. The number of nitrogens with one attached hydrogen (secondary N) is 1. The molecule has 3 aromatic heterocycles. The smallest absolute Gasteiger partial charge is 0.320 e. The lowest BCUT2D eigenvalue weighted by Gasteiger charge is -2.30. The number of allylic oxidation sites excluding steroid dienone is 2. The van der Waals surface area contributed by atoms with Gasteiger partial charge in [0.1, 0.15) is 18.1 Å². The number of Topliss-reactive ketones (excluding diaryl/α,β-unsaturated/α-hetero) is 1. The highest BCUT2D eigenvalue weighted by Crippen LogP contribution is 2.43. The summed E-state index contributed by atoms with van der Waals surface area (Å²) in [5, 5.41) is 10.5. The summed E-state index contributed by atoms with van der Waals surface area (Å²) in [6, 6.07) is 2.14. The molecule has 7 nitrogen and oxygen atoms in total. The minimum Gasteiger partial charge on any atom is -0.320 e. The van der Waals surface area contributed by atoms with Gasteiger partial charge in [0.25, 0.3) is 0 Å². The van der Waals surface area contributed by atoms with Crippen LogP contribution in [0.2, 0.25) is 0 Å². The average Bonchev–Trinajstić information content (AvgIpc) is 3.31. The molecule has 0 fully saturated rings. The highest BCUT2D eigenvalue weighted by Gasteiger charge is 2.46. The summed E-state index contributed by atoms with van der Waals surface area (Å²) in [5.74, 6) is -0.785. The Bertz CT molecular complexity index is 1110. The molecular formula is C17H15F3N6OS. The number of hydrogen-bond donors (Lipinski definition) is 1. The fourth-order valence-corrected chi connectivity index (χ4v) is 4.11. The number of fused-ring (bicyclic) bond motifs is 1. The fraction of sp³-hybridized carbons (Fsp3) is 0.294. The Labute approximate surface area is 161 Å². The zero-order valence-corrected chi connectivity index (χ0v) is 15.9. The maximum Gasteiger partial charge on any atom is 0.431 e. The molecule has 0 aromatic carbocycles. The predicted molar refractivity (Wildman–Crippen MR) is 96.2 cm³/mol. The molecule has 0 amide bonds. The SMILES string of the molecule is Cc1ccc(C(=O)C2=C(C(F)(F)F)Nc3ncnn3[C@H]2c2cn(C)nc2C)s1. The van der Waals surface area contributed by atoms with E-state index in [1.807, 2.05) is 0 Å². The summed E-state index contributed by atoms with van der Waals surface area (Å²) in [5.41, 5.74) is -0.597. The van der Waals surface area contributed by atoms with E-state index in [-0.39, 0.29) is 10.8 Å². The van der Waals surface area contributed by atoms with Crippen LogP contribution < -0.4 is 5.32 Å². The van der Waals surface area contributed by atoms with Crippen LogP contribution in [-0.2, 0) is 7.05 Å². The van der Waals surface area contributed by atoms with Gasteiger partial charge in [-0.05, 0) is 26.0 Å². The van der Waals surface area contributed by atoms with Gasteiger partial charge in [-0.15, -0.1) is 11.3 Å². The molecule has 0 aliphatic carbocycles. The number of thiophene rings is 1. The van der Waals surface area contributed by atoms with Crippen LogP contribution in [0.4, 0.5) is 19.1 Å². The minimum atomic E-state index is -4.77. The monoisotopic (exact) mass is 408 g/mol. The number of hydrogen-bond acceptors (Lipinski definition) is 6. The number of nitrogens with zero attached hydrogens (tertiary/aromatic N) is 5. The number of rotatable bonds is 3. The Hall–Kier alpha value is -2.95. The number of halogens is 3. The normalized spacial score (nSPS) is 16.9. The van der Waals surface area contributed by atoms with E-state index in [2.05, 4.69) is 20.5 Å². The molecule has 1 aliphatic heterocycles. The molecule has 1 N–H and O–H groups in total. The van der Waals surface area contributed by atoms with Crippen LogP contribution in [0.25, 0.3) is 0 Å². The van der Waals surface area contributed by atoms with Crippen molar-refractivity contribution in [2.45, 2.75) is 26.1 Å². The lowest BCUT2D eigenvalue weighted by atomic mass is 9.92. The fourth-order valence-electron chi connectivity index (χ4n) is 3.29. The molecule has 0 saturated carbocycles. The molecule has 28 heavy (non-hydrogen) atoms. The molecule has 4 rings (SSSR count). The van der Waals surface area contributed by atoms with E-state index in [1.54, 1.807) is 33.2 Å². The summed E-state index contributed by atoms with van der Waals surface area (Å²) in [6.45, 7) is 3.47. The summed E-state index contributed by atoms with van der Waals surface area (Å²) >= 11 is 1.15. The first-order valence-corrected chi connectivity index (χ1v) is 9.07. The van der Waals surface area contributed by atoms with Crippen LogP contribution >= 0.6 is 11.3 Å². The van der Waals surface area contributed by atoms with Gasteiger partial charge < -0.3 is 5.32 Å².